The molecule has 0 aliphatic rings. The number of rotatable bonds is 6. The molecule has 0 aliphatic heterocycles. The van der Waals surface area contributed by atoms with Gasteiger partial charge in [-0.15, -0.1) is 0 Å². The van der Waals surface area contributed by atoms with Crippen LogP contribution in [0.4, 0.5) is 18.0 Å². The van der Waals surface area contributed by atoms with Gasteiger partial charge >= 0.3 is 24.1 Å². The van der Waals surface area contributed by atoms with Crippen LogP contribution in [0, 0.1) is 0 Å². The van der Waals surface area contributed by atoms with E-state index in [1.165, 1.54) is 5.32 Å². The lowest BCUT2D eigenvalue weighted by molar-refractivity contribution is -0.140. The van der Waals surface area contributed by atoms with E-state index < -0.39 is 49.6 Å². The van der Waals surface area contributed by atoms with Gasteiger partial charge in [-0.25, -0.2) is 9.59 Å². The molecule has 0 bridgehead atoms. The molecule has 0 spiro atoms. The summed E-state index contributed by atoms with van der Waals surface area (Å²) in [5, 5.41) is 20.1. The van der Waals surface area contributed by atoms with Crippen LogP contribution in [0.25, 0.3) is 0 Å². The van der Waals surface area contributed by atoms with Crippen molar-refractivity contribution in [1.82, 2.24) is 10.6 Å². The molecule has 7 nitrogen and oxygen atoms in total. The Kier molecular flexibility index (Phi) is 5.93. The van der Waals surface area contributed by atoms with Gasteiger partial charge in [0.15, 0.2) is 0 Å². The molecule has 104 valence electrons. The summed E-state index contributed by atoms with van der Waals surface area (Å²) in [4.78, 5) is 31.7. The molecule has 0 radical (unpaired) electrons. The fourth-order valence-electron chi connectivity index (χ4n) is 0.915. The van der Waals surface area contributed by atoms with E-state index in [0.29, 0.717) is 0 Å². The number of halogens is 3. The van der Waals surface area contributed by atoms with Crippen molar-refractivity contribution >= 4 is 18.0 Å². The number of amides is 2. The topological polar surface area (TPSA) is 116 Å². The minimum atomic E-state index is -4.61. The maximum Gasteiger partial charge on any atom is 0.405 e. The zero-order valence-corrected chi connectivity index (χ0v) is 8.95. The Morgan fingerprint density at radius 3 is 2.11 bits per heavy atom. The monoisotopic (exact) mass is 272 g/mol. The van der Waals surface area contributed by atoms with Gasteiger partial charge in [0, 0.05) is 6.42 Å². The van der Waals surface area contributed by atoms with Crippen LogP contribution in [-0.2, 0) is 9.59 Å². The quantitative estimate of drug-likeness (QED) is 0.550. The van der Waals surface area contributed by atoms with Crippen molar-refractivity contribution in [3.63, 3.8) is 0 Å². The first-order valence-electron chi connectivity index (χ1n) is 4.67. The zero-order valence-electron chi connectivity index (χ0n) is 8.95. The summed E-state index contributed by atoms with van der Waals surface area (Å²) in [7, 11) is 0. The predicted molar refractivity (Wildman–Crippen MR) is 50.9 cm³/mol. The molecule has 0 aliphatic carbocycles. The first kappa shape index (κ1) is 16.0. The number of carbonyl (C=O) groups is 3. The van der Waals surface area contributed by atoms with Gasteiger partial charge in [0.2, 0.25) is 0 Å². The largest absolute Gasteiger partial charge is 0.481 e. The number of aliphatic carboxylic acids is 2. The Balaban J connectivity index is 4.20. The first-order valence-corrected chi connectivity index (χ1v) is 4.67. The van der Waals surface area contributed by atoms with Crippen LogP contribution in [0.2, 0.25) is 0 Å². The third-order valence-electron chi connectivity index (χ3n) is 1.70. The summed E-state index contributed by atoms with van der Waals surface area (Å²) in [6, 6.07) is -2.89. The third kappa shape index (κ3) is 8.19. The number of carboxylic acids is 2. The summed E-state index contributed by atoms with van der Waals surface area (Å²) in [5.41, 5.74) is 0. The van der Waals surface area contributed by atoms with Gasteiger partial charge < -0.3 is 20.8 Å². The zero-order chi connectivity index (χ0) is 14.3. The van der Waals surface area contributed by atoms with Gasteiger partial charge in [-0.3, -0.25) is 4.79 Å². The van der Waals surface area contributed by atoms with Crippen molar-refractivity contribution in [3.8, 4) is 0 Å². The molecule has 0 aromatic heterocycles. The normalized spacial score (nSPS) is 12.6. The van der Waals surface area contributed by atoms with Crippen LogP contribution in [0.15, 0.2) is 0 Å². The van der Waals surface area contributed by atoms with Crippen molar-refractivity contribution in [2.45, 2.75) is 25.1 Å². The molecule has 0 aromatic carbocycles. The Bertz CT molecular complexity index is 331. The number of hydrogen-bond acceptors (Lipinski definition) is 3. The van der Waals surface area contributed by atoms with Gasteiger partial charge in [-0.05, 0) is 6.42 Å². The fourth-order valence-corrected chi connectivity index (χ4v) is 0.915. The van der Waals surface area contributed by atoms with Crippen LogP contribution in [-0.4, -0.2) is 46.9 Å². The molecule has 0 rings (SSSR count). The van der Waals surface area contributed by atoms with Crippen LogP contribution >= 0.6 is 0 Å². The Morgan fingerprint density at radius 2 is 1.72 bits per heavy atom. The maximum absolute atomic E-state index is 11.7. The lowest BCUT2D eigenvalue weighted by Gasteiger charge is -2.15. The molecule has 1 atom stereocenters. The molecule has 0 fully saturated rings. The van der Waals surface area contributed by atoms with Crippen LogP contribution in [0.5, 0.6) is 0 Å². The van der Waals surface area contributed by atoms with Crippen molar-refractivity contribution in [1.29, 1.82) is 0 Å². The van der Waals surface area contributed by atoms with Crippen molar-refractivity contribution in [3.05, 3.63) is 0 Å². The Hall–Kier alpha value is -2.00. The summed E-state index contributed by atoms with van der Waals surface area (Å²) >= 11 is 0. The minimum Gasteiger partial charge on any atom is -0.481 e. The Morgan fingerprint density at radius 1 is 1.17 bits per heavy atom. The van der Waals surface area contributed by atoms with Crippen molar-refractivity contribution in [2.24, 2.45) is 0 Å². The average Bonchev–Trinajstić information content (AvgIpc) is 2.19. The Labute approximate surface area is 99.0 Å². The van der Waals surface area contributed by atoms with Crippen molar-refractivity contribution < 1.29 is 37.8 Å². The van der Waals surface area contributed by atoms with Crippen LogP contribution in [0.3, 0.4) is 0 Å². The number of carbonyl (C=O) groups excluding carboxylic acids is 1. The van der Waals surface area contributed by atoms with Gasteiger partial charge in [0.1, 0.15) is 12.6 Å². The predicted octanol–water partition coefficient (Wildman–Crippen LogP) is 0.166. The summed E-state index contributed by atoms with van der Waals surface area (Å²) in [6.07, 6.45) is -5.57. The summed E-state index contributed by atoms with van der Waals surface area (Å²) in [5.74, 6) is -2.81. The lowest BCUT2D eigenvalue weighted by Crippen LogP contribution is -2.48. The van der Waals surface area contributed by atoms with Gasteiger partial charge in [-0.1, -0.05) is 0 Å². The highest BCUT2D eigenvalue weighted by Gasteiger charge is 2.28. The van der Waals surface area contributed by atoms with E-state index in [1.54, 1.807) is 5.32 Å². The van der Waals surface area contributed by atoms with Gasteiger partial charge in [0.05, 0.1) is 0 Å². The molecule has 0 unspecified atom stereocenters. The highest BCUT2D eigenvalue weighted by molar-refractivity contribution is 5.83. The second kappa shape index (κ2) is 6.67. The van der Waals surface area contributed by atoms with E-state index in [1.807, 2.05) is 0 Å². The SMILES string of the molecule is O=C(O)CC[C@H](NC(=O)NCC(F)(F)F)C(=O)O. The molecule has 10 heteroatoms. The standard InChI is InChI=1S/C8H11F3N2O5/c9-8(10,11)3-12-7(18)13-4(6(16)17)1-2-5(14)15/h4H,1-3H2,(H,14,15)(H,16,17)(H2,12,13,18)/t4-/m0/s1. The molecule has 4 N–H and O–H groups in total. The number of nitrogens with one attached hydrogen (secondary N) is 2. The second-order valence-corrected chi connectivity index (χ2v) is 3.27. The number of hydrogen-bond donors (Lipinski definition) is 4. The number of urea groups is 1. The highest BCUT2D eigenvalue weighted by Crippen LogP contribution is 2.12. The fraction of sp³-hybridized carbons (Fsp3) is 0.625. The second-order valence-electron chi connectivity index (χ2n) is 3.27. The smallest absolute Gasteiger partial charge is 0.405 e. The molecule has 18 heavy (non-hydrogen) atoms. The lowest BCUT2D eigenvalue weighted by atomic mass is 10.1. The van der Waals surface area contributed by atoms with Crippen LogP contribution < -0.4 is 10.6 Å². The molecule has 0 heterocycles. The maximum atomic E-state index is 11.7. The molecular formula is C8H11F3N2O5. The van der Waals surface area contributed by atoms with Gasteiger partial charge in [0.25, 0.3) is 0 Å². The molecule has 2 amide bonds. The van der Waals surface area contributed by atoms with Crippen molar-refractivity contribution in [2.75, 3.05) is 6.54 Å². The van der Waals surface area contributed by atoms with E-state index in [0.717, 1.165) is 0 Å². The summed E-state index contributed by atoms with van der Waals surface area (Å²) < 4.78 is 35.2. The number of carboxylic acid groups (broad SMARTS) is 2. The highest BCUT2D eigenvalue weighted by atomic mass is 19.4. The molecule has 0 aromatic rings. The van der Waals surface area contributed by atoms with E-state index in [9.17, 15) is 27.6 Å². The molecule has 0 saturated heterocycles. The third-order valence-corrected chi connectivity index (χ3v) is 1.70. The minimum absolute atomic E-state index is 0.426. The summed E-state index contributed by atoms with van der Waals surface area (Å²) in [6.45, 7) is -1.61. The first-order chi connectivity index (χ1) is 8.11. The van der Waals surface area contributed by atoms with E-state index in [-0.39, 0.29) is 0 Å². The van der Waals surface area contributed by atoms with Crippen LogP contribution in [0.1, 0.15) is 12.8 Å². The molecule has 0 saturated carbocycles. The average molecular weight is 272 g/mol. The number of alkyl halides is 3. The van der Waals surface area contributed by atoms with Gasteiger partial charge in [-0.2, -0.15) is 13.2 Å². The molecular weight excluding hydrogens is 261 g/mol. The van der Waals surface area contributed by atoms with E-state index in [2.05, 4.69) is 0 Å². The van der Waals surface area contributed by atoms with E-state index >= 15 is 0 Å². The van der Waals surface area contributed by atoms with E-state index in [4.69, 9.17) is 10.2 Å².